The van der Waals surface area contributed by atoms with E-state index in [1.807, 2.05) is 0 Å². The Morgan fingerprint density at radius 2 is 1.19 bits per heavy atom. The molecule has 0 radical (unpaired) electrons. The van der Waals surface area contributed by atoms with Gasteiger partial charge < -0.3 is 9.30 Å². The first-order valence-electron chi connectivity index (χ1n) is 15.1. The molecule has 1 unspecified atom stereocenters. The number of hydrogen-bond acceptors (Lipinski definition) is 1. The van der Waals surface area contributed by atoms with E-state index >= 15 is 0 Å². The number of hydrogen-bond donors (Lipinski definition) is 0. The van der Waals surface area contributed by atoms with Crippen LogP contribution < -0.4 is 9.92 Å². The monoisotopic (exact) mass is 569 g/mol. The predicted molar refractivity (Wildman–Crippen MR) is 181 cm³/mol. The van der Waals surface area contributed by atoms with Crippen LogP contribution in [0.25, 0.3) is 38.6 Å². The van der Waals surface area contributed by atoms with Gasteiger partial charge in [0.1, 0.15) is 11.5 Å². The van der Waals surface area contributed by atoms with E-state index < -0.39 is 13.5 Å². The molecule has 7 aromatic rings. The van der Waals surface area contributed by atoms with Crippen LogP contribution in [0.1, 0.15) is 22.3 Å². The maximum absolute atomic E-state index is 6.72. The molecule has 1 spiro atoms. The van der Waals surface area contributed by atoms with Gasteiger partial charge in [0, 0.05) is 21.9 Å². The fourth-order valence-corrected chi connectivity index (χ4v) is 8.83. The molecule has 1 atom stereocenters. The van der Waals surface area contributed by atoms with Crippen molar-refractivity contribution >= 4 is 35.1 Å². The molecule has 3 heteroatoms. The first-order chi connectivity index (χ1) is 21.0. The lowest BCUT2D eigenvalue weighted by atomic mass is 9.61. The maximum atomic E-state index is 6.72. The first kappa shape index (κ1) is 24.7. The van der Waals surface area contributed by atoms with E-state index in [2.05, 4.69) is 158 Å². The second-order valence-electron chi connectivity index (χ2n) is 13.0. The van der Waals surface area contributed by atoms with Crippen LogP contribution in [0.5, 0.6) is 11.5 Å². The third-order valence-corrected chi connectivity index (χ3v) is 11.7. The molecule has 0 bridgehead atoms. The lowest BCUT2D eigenvalue weighted by Gasteiger charge is -2.45. The number of ether oxygens (including phenoxy) is 1. The largest absolute Gasteiger partial charge is 0.457 e. The summed E-state index contributed by atoms with van der Waals surface area (Å²) in [7, 11) is -1.39. The third-order valence-electron chi connectivity index (χ3n) is 9.63. The van der Waals surface area contributed by atoms with Gasteiger partial charge in [0.25, 0.3) is 0 Å². The fourth-order valence-electron chi connectivity index (χ4n) is 7.67. The molecule has 0 aliphatic carbocycles. The molecule has 3 heterocycles. The van der Waals surface area contributed by atoms with Gasteiger partial charge in [-0.15, -0.1) is 0 Å². The molecular formula is C40H31NOSi. The first-order valence-corrected chi connectivity index (χ1v) is 18.6. The molecule has 9 rings (SSSR count). The minimum absolute atomic E-state index is 0.543. The lowest BCUT2D eigenvalue weighted by molar-refractivity contribution is 0.434. The molecule has 6 aromatic carbocycles. The molecule has 43 heavy (non-hydrogen) atoms. The third kappa shape index (κ3) is 3.23. The zero-order chi connectivity index (χ0) is 28.9. The molecule has 0 saturated heterocycles. The minimum Gasteiger partial charge on any atom is -0.457 e. The quantitative estimate of drug-likeness (QED) is 0.189. The zero-order valence-electron chi connectivity index (χ0n) is 24.6. The molecular weight excluding hydrogens is 539 g/mol. The fraction of sp³-hybridized carbons (Fsp3) is 0.100. The van der Waals surface area contributed by atoms with Crippen molar-refractivity contribution in [3.8, 4) is 28.3 Å². The summed E-state index contributed by atoms with van der Waals surface area (Å²) in [5.41, 5.74) is 10.6. The smallest absolute Gasteiger partial charge is 0.132 e. The molecule has 206 valence electrons. The summed E-state index contributed by atoms with van der Waals surface area (Å²) in [6.45, 7) is 7.21. The van der Waals surface area contributed by atoms with Gasteiger partial charge in [-0.25, -0.2) is 0 Å². The summed E-state index contributed by atoms with van der Waals surface area (Å²) in [5.74, 6) is 1.83. The Morgan fingerprint density at radius 3 is 2.02 bits per heavy atom. The van der Waals surface area contributed by atoms with Gasteiger partial charge in [-0.2, -0.15) is 0 Å². The second kappa shape index (κ2) is 8.59. The highest BCUT2D eigenvalue weighted by atomic mass is 28.3. The van der Waals surface area contributed by atoms with Crippen LogP contribution >= 0.6 is 0 Å². The van der Waals surface area contributed by atoms with Gasteiger partial charge in [-0.3, -0.25) is 0 Å². The Kier molecular flexibility index (Phi) is 4.94. The second-order valence-corrected chi connectivity index (χ2v) is 18.0. The van der Waals surface area contributed by atoms with Crippen LogP contribution in [0, 0.1) is 0 Å². The normalized spacial score (nSPS) is 16.5. The Morgan fingerprint density at radius 1 is 0.535 bits per heavy atom. The van der Waals surface area contributed by atoms with Gasteiger partial charge in [0.2, 0.25) is 0 Å². The molecule has 2 aliphatic rings. The van der Waals surface area contributed by atoms with Crippen molar-refractivity contribution in [2.75, 3.05) is 0 Å². The maximum Gasteiger partial charge on any atom is 0.132 e. The number of fused-ring (bicyclic) bond motifs is 11. The number of para-hydroxylation sites is 4. The van der Waals surface area contributed by atoms with Crippen molar-refractivity contribution in [2.24, 2.45) is 0 Å². The lowest BCUT2D eigenvalue weighted by Crippen LogP contribution is -2.37. The van der Waals surface area contributed by atoms with E-state index in [1.165, 1.54) is 66.1 Å². The van der Waals surface area contributed by atoms with Crippen LogP contribution in [0.15, 0.2) is 133 Å². The SMILES string of the molecule is C[Si](C)(C)c1ccc(-c2ccc3c(c2)C2(c4ccccc4O3)c3ccccc3-n3c4ccccc4c4cccc2c43)cc1. The van der Waals surface area contributed by atoms with E-state index in [0.29, 0.717) is 0 Å². The average Bonchev–Trinajstić information content (AvgIpc) is 3.38. The van der Waals surface area contributed by atoms with Crippen molar-refractivity contribution in [3.63, 3.8) is 0 Å². The van der Waals surface area contributed by atoms with Gasteiger partial charge in [-0.05, 0) is 52.6 Å². The molecule has 0 saturated carbocycles. The van der Waals surface area contributed by atoms with Crippen LogP contribution in [-0.4, -0.2) is 12.6 Å². The van der Waals surface area contributed by atoms with Gasteiger partial charge in [0.05, 0.1) is 30.2 Å². The van der Waals surface area contributed by atoms with E-state index in [9.17, 15) is 0 Å². The minimum atomic E-state index is -1.39. The van der Waals surface area contributed by atoms with E-state index in [0.717, 1.165) is 11.5 Å². The van der Waals surface area contributed by atoms with Crippen molar-refractivity contribution < 1.29 is 4.74 Å². The molecule has 2 aliphatic heterocycles. The molecule has 0 N–H and O–H groups in total. The number of aromatic nitrogens is 1. The topological polar surface area (TPSA) is 14.2 Å². The summed E-state index contributed by atoms with van der Waals surface area (Å²) in [5, 5.41) is 4.04. The van der Waals surface area contributed by atoms with Crippen LogP contribution in [0.3, 0.4) is 0 Å². The van der Waals surface area contributed by atoms with Gasteiger partial charge in [-0.1, -0.05) is 128 Å². The summed E-state index contributed by atoms with van der Waals surface area (Å²) < 4.78 is 9.20. The number of nitrogens with zero attached hydrogens (tertiary/aromatic N) is 1. The number of benzene rings is 6. The molecule has 1 aromatic heterocycles. The van der Waals surface area contributed by atoms with Crippen molar-refractivity contribution in [2.45, 2.75) is 25.1 Å². The van der Waals surface area contributed by atoms with E-state index in [-0.39, 0.29) is 0 Å². The standard InChI is InChI=1S/C40H31NOSi/c1-43(2,3)28-22-19-26(20-23-28)27-21-24-38-34(25-27)40(32-14-6-9-18-37(32)42-38)31-13-5-8-17-36(31)41-35-16-7-4-11-29(35)30-12-10-15-33(40)39(30)41/h4-25H,1-3H3. The van der Waals surface area contributed by atoms with E-state index in [4.69, 9.17) is 4.74 Å². The molecule has 2 nitrogen and oxygen atoms in total. The van der Waals surface area contributed by atoms with Crippen molar-refractivity contribution in [3.05, 3.63) is 156 Å². The highest BCUT2D eigenvalue weighted by molar-refractivity contribution is 6.88. The molecule has 0 amide bonds. The Balaban J connectivity index is 1.42. The summed E-state index contributed by atoms with van der Waals surface area (Å²) >= 11 is 0. The average molecular weight is 570 g/mol. The van der Waals surface area contributed by atoms with E-state index in [1.54, 1.807) is 0 Å². The predicted octanol–water partition coefficient (Wildman–Crippen LogP) is 9.80. The van der Waals surface area contributed by atoms with Gasteiger partial charge in [0.15, 0.2) is 0 Å². The highest BCUT2D eigenvalue weighted by Crippen LogP contribution is 2.60. The van der Waals surface area contributed by atoms with Crippen LogP contribution in [0.4, 0.5) is 0 Å². The van der Waals surface area contributed by atoms with Crippen LogP contribution in [-0.2, 0) is 5.41 Å². The van der Waals surface area contributed by atoms with Gasteiger partial charge >= 0.3 is 0 Å². The highest BCUT2D eigenvalue weighted by Gasteiger charge is 2.50. The van der Waals surface area contributed by atoms with Crippen LogP contribution in [0.2, 0.25) is 19.6 Å². The summed E-state index contributed by atoms with van der Waals surface area (Å²) in [6, 6.07) is 49.3. The Labute approximate surface area is 252 Å². The Hall–Kier alpha value is -4.86. The van der Waals surface area contributed by atoms with Crippen molar-refractivity contribution in [1.82, 2.24) is 4.57 Å². The Bertz CT molecular complexity index is 2250. The van der Waals surface area contributed by atoms with Crippen molar-refractivity contribution in [1.29, 1.82) is 0 Å². The summed E-state index contributed by atoms with van der Waals surface area (Å²) in [6.07, 6.45) is 0. The summed E-state index contributed by atoms with van der Waals surface area (Å²) in [4.78, 5) is 0. The zero-order valence-corrected chi connectivity index (χ0v) is 25.6. The number of rotatable bonds is 2. The molecule has 0 fully saturated rings.